The summed E-state index contributed by atoms with van der Waals surface area (Å²) < 4.78 is 1.75. The number of nitrogens with one attached hydrogen (secondary N) is 1. The molecule has 0 aliphatic rings. The average molecular weight is 315 g/mol. The number of nitro groups is 1. The third-order valence-corrected chi connectivity index (χ3v) is 3.54. The molecule has 0 aliphatic heterocycles. The van der Waals surface area contributed by atoms with Crippen molar-refractivity contribution >= 4 is 23.0 Å². The molecule has 7 nitrogen and oxygen atoms in total. The maximum absolute atomic E-state index is 12.3. The average Bonchev–Trinajstić information content (AvgIpc) is 2.54. The Morgan fingerprint density at radius 2 is 1.83 bits per heavy atom. The number of hydrogen-bond donors (Lipinski definition) is 1. The maximum atomic E-state index is 12.3. The molecule has 0 spiro atoms. The lowest BCUT2D eigenvalue weighted by atomic mass is 10.2. The number of rotatable bonds is 5. The molecular weight excluding hydrogens is 296 g/mol. The van der Waals surface area contributed by atoms with Crippen LogP contribution in [-0.2, 0) is 4.79 Å². The molecule has 1 aromatic heterocycles. The standard InChI is InChI=1S/C16H18N4O3/c1-12(19-10-8-13(9-11-19)18(2)3)16(21)17-14-6-4-5-7-15(14)20(22)23/h4-12H,1-3H3/p+1/t12-/m1/s1. The number of nitrogens with zero attached hydrogens (tertiary/aromatic N) is 3. The molecule has 0 aliphatic carbocycles. The second-order valence-corrected chi connectivity index (χ2v) is 5.34. The summed E-state index contributed by atoms with van der Waals surface area (Å²) in [6, 6.07) is 9.38. The van der Waals surface area contributed by atoms with E-state index in [9.17, 15) is 14.9 Å². The van der Waals surface area contributed by atoms with Gasteiger partial charge < -0.3 is 10.2 Å². The third kappa shape index (κ3) is 3.82. The van der Waals surface area contributed by atoms with Crippen molar-refractivity contribution in [2.45, 2.75) is 13.0 Å². The van der Waals surface area contributed by atoms with Gasteiger partial charge in [-0.25, -0.2) is 0 Å². The van der Waals surface area contributed by atoms with Crippen LogP contribution < -0.4 is 14.8 Å². The molecule has 0 unspecified atom stereocenters. The van der Waals surface area contributed by atoms with Crippen LogP contribution in [0.5, 0.6) is 0 Å². The lowest BCUT2D eigenvalue weighted by molar-refractivity contribution is -0.705. The Balaban J connectivity index is 2.16. The second kappa shape index (κ2) is 6.87. The first-order valence-corrected chi connectivity index (χ1v) is 7.12. The number of amides is 1. The van der Waals surface area contributed by atoms with Crippen LogP contribution in [0.25, 0.3) is 0 Å². The third-order valence-electron chi connectivity index (χ3n) is 3.54. The number of carbonyl (C=O) groups is 1. The number of anilines is 2. The van der Waals surface area contributed by atoms with Gasteiger partial charge in [-0.05, 0) is 6.07 Å². The van der Waals surface area contributed by atoms with Gasteiger partial charge in [-0.1, -0.05) is 12.1 Å². The van der Waals surface area contributed by atoms with E-state index >= 15 is 0 Å². The molecule has 0 radical (unpaired) electrons. The Hall–Kier alpha value is -2.96. The zero-order valence-electron chi connectivity index (χ0n) is 13.3. The van der Waals surface area contributed by atoms with Gasteiger partial charge in [0.2, 0.25) is 6.04 Å². The van der Waals surface area contributed by atoms with E-state index in [1.807, 2.05) is 31.1 Å². The van der Waals surface area contributed by atoms with Crippen LogP contribution in [-0.4, -0.2) is 24.9 Å². The molecule has 2 rings (SSSR count). The number of aromatic nitrogens is 1. The molecule has 0 fully saturated rings. The fourth-order valence-electron chi connectivity index (χ4n) is 2.10. The normalized spacial score (nSPS) is 11.6. The summed E-state index contributed by atoms with van der Waals surface area (Å²) in [7, 11) is 3.87. The summed E-state index contributed by atoms with van der Waals surface area (Å²) in [4.78, 5) is 24.8. The van der Waals surface area contributed by atoms with E-state index in [0.29, 0.717) is 0 Å². The van der Waals surface area contributed by atoms with Gasteiger partial charge in [0.25, 0.3) is 11.6 Å². The minimum atomic E-state index is -0.515. The molecule has 120 valence electrons. The molecule has 1 N–H and O–H groups in total. The Morgan fingerprint density at radius 1 is 1.22 bits per heavy atom. The molecule has 1 atom stereocenters. The van der Waals surface area contributed by atoms with Crippen molar-refractivity contribution in [1.82, 2.24) is 0 Å². The zero-order chi connectivity index (χ0) is 17.0. The summed E-state index contributed by atoms with van der Waals surface area (Å²) in [6.45, 7) is 1.74. The molecule has 23 heavy (non-hydrogen) atoms. The van der Waals surface area contributed by atoms with Crippen molar-refractivity contribution in [3.8, 4) is 0 Å². The van der Waals surface area contributed by atoms with Gasteiger partial charge in [0, 0.05) is 44.9 Å². The van der Waals surface area contributed by atoms with Crippen molar-refractivity contribution < 1.29 is 14.3 Å². The number of para-hydroxylation sites is 2. The lowest BCUT2D eigenvalue weighted by Gasteiger charge is -2.12. The summed E-state index contributed by atoms with van der Waals surface area (Å²) in [5, 5.41) is 13.6. The molecule has 0 bridgehead atoms. The van der Waals surface area contributed by atoms with Crippen molar-refractivity contribution in [2.24, 2.45) is 0 Å². The highest BCUT2D eigenvalue weighted by atomic mass is 16.6. The highest BCUT2D eigenvalue weighted by Crippen LogP contribution is 2.23. The Labute approximate surface area is 134 Å². The summed E-state index contributed by atoms with van der Waals surface area (Å²) in [5.74, 6) is -0.318. The molecule has 2 aromatic rings. The summed E-state index contributed by atoms with van der Waals surface area (Å²) >= 11 is 0. The van der Waals surface area contributed by atoms with E-state index in [0.717, 1.165) is 5.69 Å². The topological polar surface area (TPSA) is 79.4 Å². The van der Waals surface area contributed by atoms with E-state index in [4.69, 9.17) is 0 Å². The van der Waals surface area contributed by atoms with Gasteiger partial charge in [0.1, 0.15) is 5.69 Å². The van der Waals surface area contributed by atoms with Gasteiger partial charge >= 0.3 is 0 Å². The van der Waals surface area contributed by atoms with Crippen LogP contribution in [0.1, 0.15) is 13.0 Å². The van der Waals surface area contributed by atoms with Crippen LogP contribution in [0, 0.1) is 10.1 Å². The van der Waals surface area contributed by atoms with E-state index in [1.54, 1.807) is 36.0 Å². The van der Waals surface area contributed by atoms with Gasteiger partial charge in [0.15, 0.2) is 12.4 Å². The van der Waals surface area contributed by atoms with Gasteiger partial charge in [-0.15, -0.1) is 0 Å². The molecule has 7 heteroatoms. The zero-order valence-corrected chi connectivity index (χ0v) is 13.3. The van der Waals surface area contributed by atoms with Crippen LogP contribution in [0.2, 0.25) is 0 Å². The number of benzene rings is 1. The quantitative estimate of drug-likeness (QED) is 0.521. The van der Waals surface area contributed by atoms with Gasteiger partial charge in [-0.3, -0.25) is 14.9 Å². The SMILES string of the molecule is C[C@H](C(=O)Nc1ccccc1[N+](=O)[O-])[n+]1ccc(N(C)C)cc1. The molecule has 0 saturated heterocycles. The predicted molar refractivity (Wildman–Crippen MR) is 87.4 cm³/mol. The molecule has 1 heterocycles. The first-order chi connectivity index (χ1) is 10.9. The first kappa shape index (κ1) is 16.4. The van der Waals surface area contributed by atoms with Crippen LogP contribution in [0.3, 0.4) is 0 Å². The number of carbonyl (C=O) groups excluding carboxylic acids is 1. The highest BCUT2D eigenvalue weighted by Gasteiger charge is 2.24. The Morgan fingerprint density at radius 3 is 2.39 bits per heavy atom. The minimum absolute atomic E-state index is 0.124. The summed E-state index contributed by atoms with van der Waals surface area (Å²) in [5.41, 5.74) is 1.09. The second-order valence-electron chi connectivity index (χ2n) is 5.34. The van der Waals surface area contributed by atoms with E-state index < -0.39 is 11.0 Å². The number of pyridine rings is 1. The van der Waals surface area contributed by atoms with Crippen molar-refractivity contribution in [1.29, 1.82) is 0 Å². The maximum Gasteiger partial charge on any atom is 0.293 e. The van der Waals surface area contributed by atoms with Crippen molar-refractivity contribution in [3.63, 3.8) is 0 Å². The molecule has 0 saturated carbocycles. The summed E-state index contributed by atoms with van der Waals surface area (Å²) in [6.07, 6.45) is 3.61. The fourth-order valence-corrected chi connectivity index (χ4v) is 2.10. The van der Waals surface area contributed by atoms with Gasteiger partial charge in [-0.2, -0.15) is 4.57 Å². The van der Waals surface area contributed by atoms with Crippen LogP contribution in [0.4, 0.5) is 17.1 Å². The Bertz CT molecular complexity index is 714. The minimum Gasteiger partial charge on any atom is -0.377 e. The molecule has 1 aromatic carbocycles. The van der Waals surface area contributed by atoms with Crippen molar-refractivity contribution in [2.75, 3.05) is 24.3 Å². The smallest absolute Gasteiger partial charge is 0.293 e. The largest absolute Gasteiger partial charge is 0.377 e. The highest BCUT2D eigenvalue weighted by molar-refractivity contribution is 5.94. The first-order valence-electron chi connectivity index (χ1n) is 7.12. The predicted octanol–water partition coefficient (Wildman–Crippen LogP) is 2.15. The van der Waals surface area contributed by atoms with Crippen LogP contribution >= 0.6 is 0 Å². The van der Waals surface area contributed by atoms with Crippen molar-refractivity contribution in [3.05, 3.63) is 58.9 Å². The monoisotopic (exact) mass is 315 g/mol. The van der Waals surface area contributed by atoms with Gasteiger partial charge in [0.05, 0.1) is 4.92 Å². The number of hydrogen-bond acceptors (Lipinski definition) is 4. The molecule has 1 amide bonds. The van der Waals surface area contributed by atoms with Crippen LogP contribution in [0.15, 0.2) is 48.8 Å². The lowest BCUT2D eigenvalue weighted by Crippen LogP contribution is -2.44. The number of nitro benzene ring substituents is 1. The van der Waals surface area contributed by atoms with E-state index in [2.05, 4.69) is 5.32 Å². The molecular formula is C16H19N4O3+. The Kier molecular flexibility index (Phi) is 4.90. The van der Waals surface area contributed by atoms with E-state index in [-0.39, 0.29) is 17.3 Å². The fraction of sp³-hybridized carbons (Fsp3) is 0.250. The van der Waals surface area contributed by atoms with E-state index in [1.165, 1.54) is 12.1 Å².